The van der Waals surface area contributed by atoms with E-state index in [-0.39, 0.29) is 59.1 Å². The van der Waals surface area contributed by atoms with Crippen LogP contribution in [-0.2, 0) is 9.59 Å². The normalized spacial score (nSPS) is 11.4. The van der Waals surface area contributed by atoms with E-state index in [0.29, 0.717) is 11.1 Å². The molecule has 0 radical (unpaired) electrons. The van der Waals surface area contributed by atoms with Crippen LogP contribution in [0.1, 0.15) is 23.3 Å². The number of carbonyl (C=O) groups excluding carboxylic acids is 2. The second-order valence-electron chi connectivity index (χ2n) is 4.26. The first-order valence-electron chi connectivity index (χ1n) is 6.31. The van der Waals surface area contributed by atoms with Gasteiger partial charge in [-0.1, -0.05) is 60.7 Å². The third kappa shape index (κ3) is 8.96. The molecule has 0 aliphatic carbocycles. The summed E-state index contributed by atoms with van der Waals surface area (Å²) in [5.74, 6) is -2.95. The van der Waals surface area contributed by atoms with Crippen molar-refractivity contribution in [2.45, 2.75) is 12.2 Å². The summed E-state index contributed by atoms with van der Waals surface area (Å²) in [6.07, 6.45) is -3.03. The largest absolute Gasteiger partial charge is 1.00 e. The molecule has 116 valence electrons. The topological polar surface area (TPSA) is 121 Å². The standard InChI is InChI=1S/2C8H8O3.2Na/c2*9-7(8(10)11)6-4-2-1-3-5-6;;/h2*1-5,7,9H,(H,10,11);;/q;;2*+1/p-2. The Kier molecular flexibility index (Phi) is 14.4. The molecule has 2 unspecified atom stereocenters. The van der Waals surface area contributed by atoms with E-state index in [1.807, 2.05) is 0 Å². The second-order valence-corrected chi connectivity index (χ2v) is 4.26. The molecule has 0 saturated heterocycles. The molecule has 0 heterocycles. The van der Waals surface area contributed by atoms with E-state index in [1.54, 1.807) is 36.4 Å². The fraction of sp³-hybridized carbons (Fsp3) is 0.125. The van der Waals surface area contributed by atoms with Crippen LogP contribution in [0.2, 0.25) is 0 Å². The van der Waals surface area contributed by atoms with Crippen LogP contribution < -0.4 is 69.3 Å². The number of hydrogen-bond donors (Lipinski definition) is 2. The van der Waals surface area contributed by atoms with E-state index >= 15 is 0 Å². The Morgan fingerprint density at radius 1 is 0.667 bits per heavy atom. The van der Waals surface area contributed by atoms with E-state index in [0.717, 1.165) is 0 Å². The molecule has 0 aromatic heterocycles. The van der Waals surface area contributed by atoms with Gasteiger partial charge in [0, 0.05) is 0 Å². The molecule has 24 heavy (non-hydrogen) atoms. The number of carbonyl (C=O) groups is 2. The molecular weight excluding hydrogens is 334 g/mol. The van der Waals surface area contributed by atoms with Gasteiger partial charge < -0.3 is 30.0 Å². The summed E-state index contributed by atoms with van der Waals surface area (Å²) < 4.78 is 0. The Morgan fingerprint density at radius 2 is 0.917 bits per heavy atom. The van der Waals surface area contributed by atoms with Gasteiger partial charge >= 0.3 is 59.1 Å². The first-order chi connectivity index (χ1) is 10.4. The van der Waals surface area contributed by atoms with Crippen molar-refractivity contribution in [3.8, 4) is 0 Å². The zero-order valence-electron chi connectivity index (χ0n) is 13.5. The smallest absolute Gasteiger partial charge is 0.547 e. The van der Waals surface area contributed by atoms with Crippen molar-refractivity contribution in [1.82, 2.24) is 0 Å². The summed E-state index contributed by atoms with van der Waals surface area (Å²) in [6, 6.07) is 16.2. The van der Waals surface area contributed by atoms with Gasteiger partial charge in [0.25, 0.3) is 0 Å². The number of hydrogen-bond acceptors (Lipinski definition) is 6. The Morgan fingerprint density at radius 3 is 1.12 bits per heavy atom. The van der Waals surface area contributed by atoms with Crippen molar-refractivity contribution in [3.63, 3.8) is 0 Å². The zero-order valence-corrected chi connectivity index (χ0v) is 17.5. The van der Waals surface area contributed by atoms with Crippen molar-refractivity contribution in [3.05, 3.63) is 71.8 Å². The molecular formula is C16H14Na2O6. The van der Waals surface area contributed by atoms with Gasteiger partial charge in [-0.25, -0.2) is 0 Å². The van der Waals surface area contributed by atoms with E-state index in [4.69, 9.17) is 10.2 Å². The minimum atomic E-state index is -1.52. The SMILES string of the molecule is O=C([O-])C(O)c1ccccc1.O=C([O-])C(O)c1ccccc1.[Na+].[Na+]. The zero-order chi connectivity index (χ0) is 16.5. The average molecular weight is 348 g/mol. The van der Waals surface area contributed by atoms with Crippen LogP contribution in [0, 0.1) is 0 Å². The maximum atomic E-state index is 10.1. The predicted octanol–water partition coefficient (Wildman–Crippen LogP) is -7.05. The number of aliphatic hydroxyl groups excluding tert-OH is 2. The third-order valence-electron chi connectivity index (χ3n) is 2.68. The second kappa shape index (κ2) is 13.6. The number of aliphatic hydroxyl groups is 2. The fourth-order valence-corrected chi connectivity index (χ4v) is 1.54. The number of rotatable bonds is 4. The van der Waals surface area contributed by atoms with Gasteiger partial charge in [-0.2, -0.15) is 0 Å². The molecule has 8 heteroatoms. The first-order valence-corrected chi connectivity index (χ1v) is 6.31. The molecule has 2 N–H and O–H groups in total. The Labute approximate surface area is 183 Å². The van der Waals surface area contributed by atoms with Crippen molar-refractivity contribution in [2.24, 2.45) is 0 Å². The van der Waals surface area contributed by atoms with Crippen molar-refractivity contribution in [1.29, 1.82) is 0 Å². The van der Waals surface area contributed by atoms with Crippen LogP contribution in [0.15, 0.2) is 60.7 Å². The van der Waals surface area contributed by atoms with E-state index in [9.17, 15) is 19.8 Å². The number of carboxylic acids is 2. The molecule has 6 nitrogen and oxygen atoms in total. The van der Waals surface area contributed by atoms with Crippen LogP contribution >= 0.6 is 0 Å². The summed E-state index contributed by atoms with van der Waals surface area (Å²) in [5.41, 5.74) is 0.681. The van der Waals surface area contributed by atoms with Crippen LogP contribution in [0.25, 0.3) is 0 Å². The van der Waals surface area contributed by atoms with Crippen LogP contribution in [0.4, 0.5) is 0 Å². The Hall–Kier alpha value is -0.700. The van der Waals surface area contributed by atoms with Crippen LogP contribution in [0.5, 0.6) is 0 Å². The molecule has 0 spiro atoms. The molecule has 0 amide bonds. The fourth-order valence-electron chi connectivity index (χ4n) is 1.54. The van der Waals surface area contributed by atoms with Crippen molar-refractivity contribution < 1.29 is 89.1 Å². The van der Waals surface area contributed by atoms with Crippen LogP contribution in [-0.4, -0.2) is 22.2 Å². The minimum Gasteiger partial charge on any atom is -0.547 e. The summed E-state index contributed by atoms with van der Waals surface area (Å²) in [5, 5.41) is 38.1. The molecule has 0 aliphatic heterocycles. The molecule has 0 aliphatic rings. The molecule has 2 atom stereocenters. The molecule has 2 aromatic rings. The number of aliphatic carboxylic acids is 2. The maximum absolute atomic E-state index is 10.1. The number of carboxylic acid groups (broad SMARTS) is 2. The van der Waals surface area contributed by atoms with E-state index < -0.39 is 24.1 Å². The summed E-state index contributed by atoms with van der Waals surface area (Å²) in [6.45, 7) is 0. The minimum absolute atomic E-state index is 0. The van der Waals surface area contributed by atoms with Gasteiger partial charge in [0.15, 0.2) is 0 Å². The van der Waals surface area contributed by atoms with Gasteiger partial charge in [-0.05, 0) is 11.1 Å². The van der Waals surface area contributed by atoms with Gasteiger partial charge in [0.1, 0.15) is 12.2 Å². The predicted molar refractivity (Wildman–Crippen MR) is 72.8 cm³/mol. The van der Waals surface area contributed by atoms with Crippen molar-refractivity contribution >= 4 is 11.9 Å². The first kappa shape index (κ1) is 25.5. The van der Waals surface area contributed by atoms with Gasteiger partial charge in [0.05, 0.1) is 11.9 Å². The van der Waals surface area contributed by atoms with E-state index in [2.05, 4.69) is 0 Å². The molecule has 2 aromatic carbocycles. The monoisotopic (exact) mass is 348 g/mol. The molecule has 2 rings (SSSR count). The summed E-state index contributed by atoms with van der Waals surface area (Å²) in [4.78, 5) is 20.3. The quantitative estimate of drug-likeness (QED) is 0.530. The molecule has 0 saturated carbocycles. The van der Waals surface area contributed by atoms with Gasteiger partial charge in [0.2, 0.25) is 0 Å². The Balaban J connectivity index is 0. The maximum Gasteiger partial charge on any atom is 1.00 e. The van der Waals surface area contributed by atoms with Crippen molar-refractivity contribution in [2.75, 3.05) is 0 Å². The average Bonchev–Trinajstić information content (AvgIpc) is 2.55. The Bertz CT molecular complexity index is 551. The molecule has 0 fully saturated rings. The summed E-state index contributed by atoms with van der Waals surface area (Å²) in [7, 11) is 0. The summed E-state index contributed by atoms with van der Waals surface area (Å²) >= 11 is 0. The van der Waals surface area contributed by atoms with E-state index in [1.165, 1.54) is 24.3 Å². The molecule has 0 bridgehead atoms. The van der Waals surface area contributed by atoms with Gasteiger partial charge in [-0.3, -0.25) is 0 Å². The van der Waals surface area contributed by atoms with Crippen LogP contribution in [0.3, 0.4) is 0 Å². The number of benzene rings is 2. The van der Waals surface area contributed by atoms with Gasteiger partial charge in [-0.15, -0.1) is 0 Å². The third-order valence-corrected chi connectivity index (χ3v) is 2.68.